The van der Waals surface area contributed by atoms with Crippen LogP contribution in [0.5, 0.6) is 0 Å². The fourth-order valence-electron chi connectivity index (χ4n) is 1.48. The van der Waals surface area contributed by atoms with Crippen LogP contribution in [0.25, 0.3) is 0 Å². The Labute approximate surface area is 116 Å². The summed E-state index contributed by atoms with van der Waals surface area (Å²) in [5.41, 5.74) is 0.633. The number of hydrogen-bond acceptors (Lipinski definition) is 6. The van der Waals surface area contributed by atoms with Gasteiger partial charge in [0.05, 0.1) is 37.6 Å². The Bertz CT molecular complexity index is 467. The van der Waals surface area contributed by atoms with Gasteiger partial charge in [0.2, 0.25) is 0 Å². The van der Waals surface area contributed by atoms with Crippen molar-refractivity contribution in [2.45, 2.75) is 43.8 Å². The summed E-state index contributed by atoms with van der Waals surface area (Å²) in [7, 11) is 0. The molecule has 0 aliphatic heterocycles. The van der Waals surface area contributed by atoms with Crippen LogP contribution in [0, 0.1) is 11.3 Å². The van der Waals surface area contributed by atoms with Crippen LogP contribution in [-0.4, -0.2) is 32.5 Å². The van der Waals surface area contributed by atoms with E-state index in [1.54, 1.807) is 24.6 Å². The summed E-state index contributed by atoms with van der Waals surface area (Å²) in [6.07, 6.45) is 1.88. The largest absolute Gasteiger partial charge is 0.465 e. The Morgan fingerprint density at radius 3 is 3.05 bits per heavy atom. The third-order valence-corrected chi connectivity index (χ3v) is 3.49. The van der Waals surface area contributed by atoms with Gasteiger partial charge >= 0.3 is 5.97 Å². The van der Waals surface area contributed by atoms with E-state index >= 15 is 0 Å². The fraction of sp³-hybridized carbons (Fsp3) is 0.583. The van der Waals surface area contributed by atoms with Gasteiger partial charge in [-0.15, -0.1) is 0 Å². The van der Waals surface area contributed by atoms with Crippen LogP contribution in [0.4, 0.5) is 0 Å². The number of aliphatic hydroxyl groups is 1. The quantitative estimate of drug-likeness (QED) is 0.600. The zero-order valence-electron chi connectivity index (χ0n) is 11.0. The van der Waals surface area contributed by atoms with Gasteiger partial charge in [-0.2, -0.15) is 5.26 Å². The lowest BCUT2D eigenvalue weighted by molar-refractivity contribution is -0.142. The Hall–Kier alpha value is -1.52. The maximum atomic E-state index is 11.6. The first kappa shape index (κ1) is 15.5. The van der Waals surface area contributed by atoms with Gasteiger partial charge in [-0.05, 0) is 13.8 Å². The van der Waals surface area contributed by atoms with Crippen molar-refractivity contribution in [2.75, 3.05) is 6.61 Å². The molecule has 0 aliphatic rings. The van der Waals surface area contributed by atoms with E-state index in [-0.39, 0.29) is 17.8 Å². The van der Waals surface area contributed by atoms with Crippen molar-refractivity contribution in [3.05, 3.63) is 11.9 Å². The highest BCUT2D eigenvalue weighted by Gasteiger charge is 2.19. The Morgan fingerprint density at radius 1 is 1.74 bits per heavy atom. The number of ether oxygens (including phenoxy) is 1. The van der Waals surface area contributed by atoms with E-state index in [2.05, 4.69) is 4.98 Å². The Morgan fingerprint density at radius 2 is 2.47 bits per heavy atom. The molecule has 0 saturated carbocycles. The molecule has 0 amide bonds. The molecule has 1 heterocycles. The molecular weight excluding hydrogens is 266 g/mol. The lowest BCUT2D eigenvalue weighted by Gasteiger charge is -2.12. The molecule has 6 nitrogen and oxygen atoms in total. The van der Waals surface area contributed by atoms with Crippen LogP contribution >= 0.6 is 11.8 Å². The van der Waals surface area contributed by atoms with Crippen LogP contribution in [0.2, 0.25) is 0 Å². The van der Waals surface area contributed by atoms with E-state index in [9.17, 15) is 9.90 Å². The van der Waals surface area contributed by atoms with Crippen molar-refractivity contribution in [1.82, 2.24) is 9.55 Å². The number of aliphatic hydroxyl groups excluding tert-OH is 1. The van der Waals surface area contributed by atoms with Crippen molar-refractivity contribution < 1.29 is 14.6 Å². The number of esters is 1. The minimum absolute atomic E-state index is 0.146. The Balaban J connectivity index is 2.80. The first-order chi connectivity index (χ1) is 9.13. The highest BCUT2D eigenvalue weighted by Crippen LogP contribution is 2.24. The smallest absolute Gasteiger partial charge is 0.319 e. The third-order valence-electron chi connectivity index (χ3n) is 2.41. The molecule has 1 atom stereocenters. The summed E-state index contributed by atoms with van der Waals surface area (Å²) in [4.78, 5) is 15.7. The molecule has 7 heteroatoms. The summed E-state index contributed by atoms with van der Waals surface area (Å²) < 4.78 is 6.69. The van der Waals surface area contributed by atoms with Gasteiger partial charge in [0.25, 0.3) is 0 Å². The molecule has 0 unspecified atom stereocenters. The number of nitrogens with zero attached hydrogens (tertiary/aromatic N) is 3. The minimum Gasteiger partial charge on any atom is -0.465 e. The standard InChI is InChI=1S/C12H17N3O3S/c1-3-18-11(17)9(2)19-12-14-7-10(8-16)15(12)6-4-5-13/h7,9,16H,3-4,6,8H2,1-2H3/t9-/m0/s1. The van der Waals surface area contributed by atoms with E-state index in [0.29, 0.717) is 30.4 Å². The normalized spacial score (nSPS) is 11.9. The SMILES string of the molecule is CCOC(=O)[C@H](C)Sc1ncc(CO)n1CCC#N. The van der Waals surface area contributed by atoms with Gasteiger partial charge < -0.3 is 14.4 Å². The zero-order valence-corrected chi connectivity index (χ0v) is 11.8. The van der Waals surface area contributed by atoms with Gasteiger partial charge in [-0.25, -0.2) is 4.98 Å². The Kier molecular flexibility index (Phi) is 6.39. The maximum absolute atomic E-state index is 11.6. The van der Waals surface area contributed by atoms with Crippen LogP contribution in [0.15, 0.2) is 11.4 Å². The first-order valence-electron chi connectivity index (χ1n) is 5.99. The second-order valence-corrected chi connectivity index (χ2v) is 5.07. The summed E-state index contributed by atoms with van der Waals surface area (Å²) in [6, 6.07) is 2.05. The maximum Gasteiger partial charge on any atom is 0.319 e. The molecular formula is C12H17N3O3S. The molecule has 0 radical (unpaired) electrons. The van der Waals surface area contributed by atoms with Gasteiger partial charge in [0, 0.05) is 6.54 Å². The van der Waals surface area contributed by atoms with E-state index < -0.39 is 0 Å². The highest BCUT2D eigenvalue weighted by atomic mass is 32.2. The summed E-state index contributed by atoms with van der Waals surface area (Å²) in [5.74, 6) is -0.298. The van der Waals surface area contributed by atoms with Crippen molar-refractivity contribution in [2.24, 2.45) is 0 Å². The lowest BCUT2D eigenvalue weighted by atomic mass is 10.4. The van der Waals surface area contributed by atoms with Crippen LogP contribution in [0.1, 0.15) is 26.0 Å². The average Bonchev–Trinajstić information content (AvgIpc) is 2.78. The number of nitriles is 1. The van der Waals surface area contributed by atoms with E-state index in [1.165, 1.54) is 11.8 Å². The van der Waals surface area contributed by atoms with Crippen LogP contribution in [-0.2, 0) is 22.7 Å². The second-order valence-electron chi connectivity index (χ2n) is 3.76. The molecule has 19 heavy (non-hydrogen) atoms. The molecule has 104 valence electrons. The highest BCUT2D eigenvalue weighted by molar-refractivity contribution is 8.00. The molecule has 0 saturated heterocycles. The van der Waals surface area contributed by atoms with E-state index in [0.717, 1.165) is 0 Å². The lowest BCUT2D eigenvalue weighted by Crippen LogP contribution is -2.17. The van der Waals surface area contributed by atoms with Gasteiger partial charge in [-0.3, -0.25) is 4.79 Å². The number of aromatic nitrogens is 2. The van der Waals surface area contributed by atoms with Crippen molar-refractivity contribution in [1.29, 1.82) is 5.26 Å². The number of imidazole rings is 1. The van der Waals surface area contributed by atoms with Crippen LogP contribution in [0.3, 0.4) is 0 Å². The predicted octanol–water partition coefficient (Wildman–Crippen LogP) is 1.33. The molecule has 1 aromatic rings. The molecule has 0 aliphatic carbocycles. The number of rotatable bonds is 7. The summed E-state index contributed by atoms with van der Waals surface area (Å²) in [5, 5.41) is 18.1. The predicted molar refractivity (Wildman–Crippen MR) is 70.3 cm³/mol. The number of carbonyl (C=O) groups is 1. The second kappa shape index (κ2) is 7.81. The molecule has 0 aromatic carbocycles. The van der Waals surface area contributed by atoms with E-state index in [4.69, 9.17) is 10.00 Å². The van der Waals surface area contributed by atoms with Crippen molar-refractivity contribution in [3.8, 4) is 6.07 Å². The van der Waals surface area contributed by atoms with Crippen molar-refractivity contribution >= 4 is 17.7 Å². The molecule has 0 spiro atoms. The third kappa shape index (κ3) is 4.26. The van der Waals surface area contributed by atoms with Crippen molar-refractivity contribution in [3.63, 3.8) is 0 Å². The molecule has 1 rings (SSSR count). The van der Waals surface area contributed by atoms with Gasteiger partial charge in [0.1, 0.15) is 5.25 Å². The van der Waals surface area contributed by atoms with Gasteiger partial charge in [-0.1, -0.05) is 11.8 Å². The number of hydrogen-bond donors (Lipinski definition) is 1. The van der Waals surface area contributed by atoms with E-state index in [1.807, 2.05) is 6.07 Å². The number of carbonyl (C=O) groups excluding carboxylic acids is 1. The molecule has 0 bridgehead atoms. The number of thioether (sulfide) groups is 1. The monoisotopic (exact) mass is 283 g/mol. The summed E-state index contributed by atoms with van der Waals surface area (Å²) >= 11 is 1.26. The molecule has 1 N–H and O–H groups in total. The van der Waals surface area contributed by atoms with Crippen LogP contribution < -0.4 is 0 Å². The fourth-order valence-corrected chi connectivity index (χ4v) is 2.41. The topological polar surface area (TPSA) is 88.1 Å². The minimum atomic E-state index is -0.380. The average molecular weight is 283 g/mol. The molecule has 1 aromatic heterocycles. The van der Waals surface area contributed by atoms with Gasteiger partial charge in [0.15, 0.2) is 5.16 Å². The summed E-state index contributed by atoms with van der Waals surface area (Å²) in [6.45, 7) is 4.14. The first-order valence-corrected chi connectivity index (χ1v) is 6.87. The molecule has 0 fully saturated rings. The zero-order chi connectivity index (χ0) is 14.3.